The number of hydrogen-bond donors (Lipinski definition) is 1. The standard InChI is InChI=1S/C18H15N3O2S/c1-10-7-13(4-3-12(10)9-19)21-6-5-18(23)15(22)14-8-11(2)24-16(14)20-17(18)21/h3-4,7-8,23H,5-6H2,1-2H3/t18-/m1/s1. The van der Waals surface area contributed by atoms with Gasteiger partial charge in [0.25, 0.3) is 0 Å². The SMILES string of the molecule is Cc1cc2c(s1)N=C1N(c3ccc(C#N)c(C)c3)CC[C@@]1(O)C2=O. The van der Waals surface area contributed by atoms with Gasteiger partial charge in [0, 0.05) is 23.5 Å². The molecule has 1 fully saturated rings. The van der Waals surface area contributed by atoms with Gasteiger partial charge in [-0.25, -0.2) is 4.99 Å². The minimum Gasteiger partial charge on any atom is -0.374 e. The largest absolute Gasteiger partial charge is 0.374 e. The Balaban J connectivity index is 1.84. The van der Waals surface area contributed by atoms with E-state index in [1.807, 2.05) is 30.9 Å². The predicted molar refractivity (Wildman–Crippen MR) is 93.3 cm³/mol. The summed E-state index contributed by atoms with van der Waals surface area (Å²) in [5.41, 5.74) is 1.28. The van der Waals surface area contributed by atoms with Gasteiger partial charge in [0.2, 0.25) is 5.78 Å². The van der Waals surface area contributed by atoms with E-state index in [9.17, 15) is 9.90 Å². The van der Waals surface area contributed by atoms with Crippen molar-refractivity contribution in [3.8, 4) is 6.07 Å². The molecule has 0 unspecified atom stereocenters. The summed E-state index contributed by atoms with van der Waals surface area (Å²) < 4.78 is 0. The van der Waals surface area contributed by atoms with Gasteiger partial charge >= 0.3 is 0 Å². The third-order valence-corrected chi connectivity index (χ3v) is 5.57. The maximum Gasteiger partial charge on any atom is 0.205 e. The number of aryl methyl sites for hydroxylation is 2. The van der Waals surface area contributed by atoms with Crippen molar-refractivity contribution >= 4 is 33.6 Å². The number of anilines is 1. The molecule has 0 saturated carbocycles. The molecule has 6 heteroatoms. The lowest BCUT2D eigenvalue weighted by Crippen LogP contribution is -2.48. The van der Waals surface area contributed by atoms with Gasteiger partial charge < -0.3 is 10.0 Å². The van der Waals surface area contributed by atoms with Crippen LogP contribution >= 0.6 is 11.3 Å². The molecule has 0 aliphatic carbocycles. The summed E-state index contributed by atoms with van der Waals surface area (Å²) in [5, 5.41) is 20.7. The van der Waals surface area contributed by atoms with E-state index in [4.69, 9.17) is 5.26 Å². The summed E-state index contributed by atoms with van der Waals surface area (Å²) in [7, 11) is 0. The molecule has 3 heterocycles. The fourth-order valence-corrected chi connectivity index (χ4v) is 4.22. The van der Waals surface area contributed by atoms with Crippen LogP contribution in [0.5, 0.6) is 0 Å². The first-order chi connectivity index (χ1) is 11.4. The minimum absolute atomic E-state index is 0.264. The highest BCUT2D eigenvalue weighted by Crippen LogP contribution is 2.43. The monoisotopic (exact) mass is 337 g/mol. The van der Waals surface area contributed by atoms with Gasteiger partial charge in [-0.2, -0.15) is 5.26 Å². The first-order valence-corrected chi connectivity index (χ1v) is 8.51. The first kappa shape index (κ1) is 15.1. The highest BCUT2D eigenvalue weighted by molar-refractivity contribution is 7.16. The van der Waals surface area contributed by atoms with Crippen LogP contribution in [0.1, 0.15) is 32.8 Å². The number of aliphatic hydroxyl groups is 1. The molecule has 5 nitrogen and oxygen atoms in total. The Morgan fingerprint density at radius 1 is 1.38 bits per heavy atom. The molecule has 2 aromatic rings. The highest BCUT2D eigenvalue weighted by atomic mass is 32.1. The average molecular weight is 337 g/mol. The lowest BCUT2D eigenvalue weighted by atomic mass is 9.90. The Labute approximate surface area is 143 Å². The number of hydrogen-bond acceptors (Lipinski definition) is 6. The maximum absolute atomic E-state index is 12.8. The van der Waals surface area contributed by atoms with Gasteiger partial charge in [-0.15, -0.1) is 11.3 Å². The molecule has 2 aliphatic heterocycles. The van der Waals surface area contributed by atoms with Crippen molar-refractivity contribution in [2.75, 3.05) is 11.4 Å². The Kier molecular flexibility index (Phi) is 3.14. The van der Waals surface area contributed by atoms with Crippen LogP contribution in [0.4, 0.5) is 10.7 Å². The van der Waals surface area contributed by atoms with Crippen molar-refractivity contribution in [1.82, 2.24) is 0 Å². The number of rotatable bonds is 1. The number of carbonyl (C=O) groups excluding carboxylic acids is 1. The van der Waals surface area contributed by atoms with Crippen LogP contribution in [0.15, 0.2) is 29.3 Å². The molecule has 1 N–H and O–H groups in total. The van der Waals surface area contributed by atoms with Crippen molar-refractivity contribution in [3.05, 3.63) is 45.8 Å². The van der Waals surface area contributed by atoms with Crippen molar-refractivity contribution in [1.29, 1.82) is 5.26 Å². The quantitative estimate of drug-likeness (QED) is 0.867. The second-order valence-corrected chi connectivity index (χ2v) is 7.45. The van der Waals surface area contributed by atoms with E-state index in [2.05, 4.69) is 11.1 Å². The summed E-state index contributed by atoms with van der Waals surface area (Å²) in [6, 6.07) is 9.44. The number of aliphatic imine (C=N–C) groups is 1. The van der Waals surface area contributed by atoms with E-state index in [0.717, 1.165) is 16.1 Å². The zero-order valence-corrected chi connectivity index (χ0v) is 14.1. The van der Waals surface area contributed by atoms with Crippen molar-refractivity contribution in [2.24, 2.45) is 4.99 Å². The molecule has 0 spiro atoms. The second kappa shape index (κ2) is 5.00. The van der Waals surface area contributed by atoms with Crippen LogP contribution in [-0.4, -0.2) is 28.9 Å². The van der Waals surface area contributed by atoms with Crippen LogP contribution < -0.4 is 4.90 Å². The molecule has 0 amide bonds. The van der Waals surface area contributed by atoms with E-state index in [1.165, 1.54) is 11.3 Å². The van der Waals surface area contributed by atoms with Gasteiger partial charge in [-0.05, 0) is 43.7 Å². The Hall–Kier alpha value is -2.49. The summed E-state index contributed by atoms with van der Waals surface area (Å²) in [4.78, 5) is 20.3. The number of benzene rings is 1. The van der Waals surface area contributed by atoms with E-state index in [1.54, 1.807) is 12.1 Å². The molecule has 1 saturated heterocycles. The molecular weight excluding hydrogens is 322 g/mol. The highest BCUT2D eigenvalue weighted by Gasteiger charge is 2.52. The summed E-state index contributed by atoms with van der Waals surface area (Å²) in [5.74, 6) is 0.130. The van der Waals surface area contributed by atoms with Crippen molar-refractivity contribution in [2.45, 2.75) is 25.9 Å². The van der Waals surface area contributed by atoms with E-state index < -0.39 is 5.60 Å². The third-order valence-electron chi connectivity index (χ3n) is 4.63. The molecule has 1 aromatic heterocycles. The lowest BCUT2D eigenvalue weighted by Gasteiger charge is -2.28. The molecule has 4 rings (SSSR count). The fourth-order valence-electron chi connectivity index (χ4n) is 3.34. The molecule has 2 aliphatic rings. The number of fused-ring (bicyclic) bond motifs is 2. The number of amidine groups is 1. The van der Waals surface area contributed by atoms with Crippen LogP contribution in [0, 0.1) is 25.2 Å². The summed E-state index contributed by atoms with van der Waals surface area (Å²) in [6.07, 6.45) is 0.318. The average Bonchev–Trinajstić information content (AvgIpc) is 3.09. The Morgan fingerprint density at radius 3 is 2.88 bits per heavy atom. The lowest BCUT2D eigenvalue weighted by molar-refractivity contribution is 0.0603. The predicted octanol–water partition coefficient (Wildman–Crippen LogP) is 3.10. The van der Waals surface area contributed by atoms with E-state index in [-0.39, 0.29) is 5.78 Å². The number of thiophene rings is 1. The normalized spacial score (nSPS) is 22.0. The fraction of sp³-hybridized carbons (Fsp3) is 0.278. The molecule has 0 bridgehead atoms. The topological polar surface area (TPSA) is 76.7 Å². The van der Waals surface area contributed by atoms with Crippen molar-refractivity contribution < 1.29 is 9.90 Å². The smallest absolute Gasteiger partial charge is 0.205 e. The van der Waals surface area contributed by atoms with Gasteiger partial charge in [-0.3, -0.25) is 4.79 Å². The van der Waals surface area contributed by atoms with Crippen LogP contribution in [0.3, 0.4) is 0 Å². The van der Waals surface area contributed by atoms with Crippen LogP contribution in [0.25, 0.3) is 0 Å². The zero-order valence-electron chi connectivity index (χ0n) is 13.3. The van der Waals surface area contributed by atoms with Gasteiger partial charge in [-0.1, -0.05) is 0 Å². The van der Waals surface area contributed by atoms with Crippen LogP contribution in [-0.2, 0) is 0 Å². The van der Waals surface area contributed by atoms with E-state index in [0.29, 0.717) is 34.9 Å². The third kappa shape index (κ3) is 1.95. The number of Topliss-reactive ketones (excluding diaryl/α,β-unsaturated/α-hetero) is 1. The maximum atomic E-state index is 12.8. The number of nitriles is 1. The zero-order chi connectivity index (χ0) is 17.1. The molecular formula is C18H15N3O2S. The Morgan fingerprint density at radius 2 is 2.17 bits per heavy atom. The number of carbonyl (C=O) groups is 1. The molecule has 24 heavy (non-hydrogen) atoms. The van der Waals surface area contributed by atoms with E-state index >= 15 is 0 Å². The van der Waals surface area contributed by atoms with Crippen molar-refractivity contribution in [3.63, 3.8) is 0 Å². The molecule has 1 atom stereocenters. The van der Waals surface area contributed by atoms with Gasteiger partial charge in [0.1, 0.15) is 5.00 Å². The van der Waals surface area contributed by atoms with Gasteiger partial charge in [0.05, 0.1) is 17.2 Å². The molecule has 0 radical (unpaired) electrons. The number of ketones is 1. The number of nitrogens with zero attached hydrogens (tertiary/aromatic N) is 3. The summed E-state index contributed by atoms with van der Waals surface area (Å²) >= 11 is 1.46. The molecule has 120 valence electrons. The first-order valence-electron chi connectivity index (χ1n) is 7.69. The Bertz CT molecular complexity index is 954. The van der Waals surface area contributed by atoms with Crippen LogP contribution in [0.2, 0.25) is 0 Å². The minimum atomic E-state index is -1.55. The van der Waals surface area contributed by atoms with Gasteiger partial charge in [0.15, 0.2) is 11.4 Å². The molecule has 1 aromatic carbocycles. The second-order valence-electron chi connectivity index (χ2n) is 6.21. The summed E-state index contributed by atoms with van der Waals surface area (Å²) in [6.45, 7) is 4.32.